The van der Waals surface area contributed by atoms with Crippen LogP contribution in [0, 0.1) is 12.3 Å². The maximum Gasteiger partial charge on any atom is 0.222 e. The SMILES string of the molecule is C#CCOCCOCCC(=O)NCC. The lowest BCUT2D eigenvalue weighted by molar-refractivity contribution is -0.122. The first-order chi connectivity index (χ1) is 6.81. The summed E-state index contributed by atoms with van der Waals surface area (Å²) in [5.41, 5.74) is 0. The Morgan fingerprint density at radius 1 is 1.36 bits per heavy atom. The monoisotopic (exact) mass is 199 g/mol. The number of rotatable bonds is 8. The number of ether oxygens (including phenoxy) is 2. The third-order valence-electron chi connectivity index (χ3n) is 1.40. The van der Waals surface area contributed by atoms with Gasteiger partial charge in [-0.3, -0.25) is 4.79 Å². The molecule has 0 aromatic carbocycles. The fourth-order valence-corrected chi connectivity index (χ4v) is 0.801. The molecule has 0 spiro atoms. The van der Waals surface area contributed by atoms with Crippen molar-refractivity contribution in [3.8, 4) is 12.3 Å². The molecular weight excluding hydrogens is 182 g/mol. The van der Waals surface area contributed by atoms with Gasteiger partial charge in [0, 0.05) is 13.0 Å². The molecule has 0 aliphatic rings. The summed E-state index contributed by atoms with van der Waals surface area (Å²) in [6.45, 7) is 4.21. The van der Waals surface area contributed by atoms with Gasteiger partial charge in [-0.2, -0.15) is 0 Å². The first-order valence-electron chi connectivity index (χ1n) is 4.67. The molecule has 0 unspecified atom stereocenters. The molecule has 0 atom stereocenters. The second kappa shape index (κ2) is 10.0. The van der Waals surface area contributed by atoms with Gasteiger partial charge in [-0.15, -0.1) is 6.42 Å². The van der Waals surface area contributed by atoms with E-state index in [1.807, 2.05) is 6.92 Å². The highest BCUT2D eigenvalue weighted by Gasteiger charge is 1.97. The van der Waals surface area contributed by atoms with Gasteiger partial charge in [0.15, 0.2) is 0 Å². The summed E-state index contributed by atoms with van der Waals surface area (Å²) >= 11 is 0. The van der Waals surface area contributed by atoms with Gasteiger partial charge in [-0.05, 0) is 6.92 Å². The Kier molecular flexibility index (Phi) is 9.28. The number of amides is 1. The number of terminal acetylenes is 1. The van der Waals surface area contributed by atoms with E-state index in [0.717, 1.165) is 0 Å². The third kappa shape index (κ3) is 9.04. The molecule has 0 aliphatic heterocycles. The van der Waals surface area contributed by atoms with Crippen LogP contribution in [-0.4, -0.2) is 38.9 Å². The predicted octanol–water partition coefficient (Wildman–Crippen LogP) is 0.179. The van der Waals surface area contributed by atoms with Crippen LogP contribution >= 0.6 is 0 Å². The molecule has 4 heteroatoms. The number of nitrogens with one attached hydrogen (secondary N) is 1. The highest BCUT2D eigenvalue weighted by molar-refractivity contribution is 5.75. The second-order valence-electron chi connectivity index (χ2n) is 2.57. The first kappa shape index (κ1) is 12.9. The van der Waals surface area contributed by atoms with E-state index in [2.05, 4.69) is 11.2 Å². The van der Waals surface area contributed by atoms with Crippen molar-refractivity contribution in [1.82, 2.24) is 5.32 Å². The summed E-state index contributed by atoms with van der Waals surface area (Å²) in [5.74, 6) is 2.36. The van der Waals surface area contributed by atoms with Gasteiger partial charge in [0.25, 0.3) is 0 Å². The van der Waals surface area contributed by atoms with E-state index in [0.29, 0.717) is 39.4 Å². The average molecular weight is 199 g/mol. The Hall–Kier alpha value is -1.05. The summed E-state index contributed by atoms with van der Waals surface area (Å²) in [5, 5.41) is 2.68. The van der Waals surface area contributed by atoms with E-state index in [4.69, 9.17) is 15.9 Å². The molecule has 0 heterocycles. The lowest BCUT2D eigenvalue weighted by atomic mass is 10.4. The van der Waals surface area contributed by atoms with Crippen molar-refractivity contribution in [2.45, 2.75) is 13.3 Å². The fourth-order valence-electron chi connectivity index (χ4n) is 0.801. The molecule has 0 fully saturated rings. The van der Waals surface area contributed by atoms with Crippen LogP contribution in [-0.2, 0) is 14.3 Å². The van der Waals surface area contributed by atoms with Gasteiger partial charge >= 0.3 is 0 Å². The Labute approximate surface area is 85.0 Å². The Balaban J connectivity index is 3.06. The van der Waals surface area contributed by atoms with Crippen LogP contribution < -0.4 is 5.32 Å². The molecule has 0 aliphatic carbocycles. The Morgan fingerprint density at radius 3 is 2.71 bits per heavy atom. The van der Waals surface area contributed by atoms with Crippen LogP contribution in [0.5, 0.6) is 0 Å². The van der Waals surface area contributed by atoms with Crippen molar-refractivity contribution in [2.24, 2.45) is 0 Å². The van der Waals surface area contributed by atoms with E-state index < -0.39 is 0 Å². The smallest absolute Gasteiger partial charge is 0.222 e. The van der Waals surface area contributed by atoms with Crippen molar-refractivity contribution >= 4 is 5.91 Å². The lowest BCUT2D eigenvalue weighted by Gasteiger charge is -2.04. The second-order valence-corrected chi connectivity index (χ2v) is 2.57. The molecule has 0 radical (unpaired) electrons. The highest BCUT2D eigenvalue weighted by atomic mass is 16.5. The molecule has 80 valence electrons. The highest BCUT2D eigenvalue weighted by Crippen LogP contribution is 1.84. The van der Waals surface area contributed by atoms with Crippen LogP contribution in [0.4, 0.5) is 0 Å². The average Bonchev–Trinajstić information content (AvgIpc) is 2.17. The molecule has 1 amide bonds. The van der Waals surface area contributed by atoms with Gasteiger partial charge in [0.1, 0.15) is 6.61 Å². The molecule has 0 saturated heterocycles. The number of hydrogen-bond donors (Lipinski definition) is 1. The first-order valence-corrected chi connectivity index (χ1v) is 4.67. The van der Waals surface area contributed by atoms with Gasteiger partial charge in [0.05, 0.1) is 19.8 Å². The van der Waals surface area contributed by atoms with E-state index in [9.17, 15) is 4.79 Å². The minimum Gasteiger partial charge on any atom is -0.379 e. The maximum absolute atomic E-state index is 10.9. The molecule has 14 heavy (non-hydrogen) atoms. The maximum atomic E-state index is 10.9. The minimum atomic E-state index is 0.0112. The van der Waals surface area contributed by atoms with E-state index in [1.165, 1.54) is 0 Å². The minimum absolute atomic E-state index is 0.0112. The van der Waals surface area contributed by atoms with Crippen LogP contribution in [0.1, 0.15) is 13.3 Å². The van der Waals surface area contributed by atoms with Crippen LogP contribution in [0.15, 0.2) is 0 Å². The summed E-state index contributed by atoms with van der Waals surface area (Å²) in [4.78, 5) is 10.9. The van der Waals surface area contributed by atoms with Gasteiger partial charge in [-0.25, -0.2) is 0 Å². The number of carbonyl (C=O) groups excluding carboxylic acids is 1. The predicted molar refractivity (Wildman–Crippen MR) is 53.8 cm³/mol. The van der Waals surface area contributed by atoms with Crippen molar-refractivity contribution in [3.63, 3.8) is 0 Å². The largest absolute Gasteiger partial charge is 0.379 e. The molecule has 0 bridgehead atoms. The number of carbonyl (C=O) groups is 1. The summed E-state index contributed by atoms with van der Waals surface area (Å²) in [6, 6.07) is 0. The molecule has 0 aromatic heterocycles. The zero-order valence-corrected chi connectivity index (χ0v) is 8.54. The van der Waals surface area contributed by atoms with E-state index >= 15 is 0 Å². The Morgan fingerprint density at radius 2 is 2.07 bits per heavy atom. The lowest BCUT2D eigenvalue weighted by Crippen LogP contribution is -2.24. The quantitative estimate of drug-likeness (QED) is 0.448. The molecular formula is C10H17NO3. The van der Waals surface area contributed by atoms with E-state index in [-0.39, 0.29) is 5.91 Å². The summed E-state index contributed by atoms with van der Waals surface area (Å²) in [7, 11) is 0. The van der Waals surface area contributed by atoms with Crippen molar-refractivity contribution in [3.05, 3.63) is 0 Å². The van der Waals surface area contributed by atoms with Gasteiger partial charge in [-0.1, -0.05) is 5.92 Å². The van der Waals surface area contributed by atoms with Crippen LogP contribution in [0.3, 0.4) is 0 Å². The molecule has 4 nitrogen and oxygen atoms in total. The van der Waals surface area contributed by atoms with Gasteiger partial charge < -0.3 is 14.8 Å². The molecule has 0 rings (SSSR count). The molecule has 1 N–H and O–H groups in total. The standard InChI is InChI=1S/C10H17NO3/c1-3-6-13-8-9-14-7-5-10(12)11-4-2/h1H,4-9H2,2H3,(H,11,12). The van der Waals surface area contributed by atoms with Crippen molar-refractivity contribution < 1.29 is 14.3 Å². The van der Waals surface area contributed by atoms with Gasteiger partial charge in [0.2, 0.25) is 5.91 Å². The fraction of sp³-hybridized carbons (Fsp3) is 0.700. The van der Waals surface area contributed by atoms with Crippen LogP contribution in [0.2, 0.25) is 0 Å². The number of hydrogen-bond acceptors (Lipinski definition) is 3. The zero-order valence-electron chi connectivity index (χ0n) is 8.54. The zero-order chi connectivity index (χ0) is 10.6. The summed E-state index contributed by atoms with van der Waals surface area (Å²) in [6.07, 6.45) is 5.37. The molecule has 0 saturated carbocycles. The van der Waals surface area contributed by atoms with Crippen molar-refractivity contribution in [1.29, 1.82) is 0 Å². The Bertz CT molecular complexity index is 186. The topological polar surface area (TPSA) is 47.6 Å². The van der Waals surface area contributed by atoms with E-state index in [1.54, 1.807) is 0 Å². The normalized spacial score (nSPS) is 9.43. The summed E-state index contributed by atoms with van der Waals surface area (Å²) < 4.78 is 10.1. The third-order valence-corrected chi connectivity index (χ3v) is 1.40. The van der Waals surface area contributed by atoms with Crippen molar-refractivity contribution in [2.75, 3.05) is 33.0 Å². The van der Waals surface area contributed by atoms with Crippen LogP contribution in [0.25, 0.3) is 0 Å². The molecule has 0 aromatic rings.